The molecule has 0 radical (unpaired) electrons. The van der Waals surface area contributed by atoms with Gasteiger partial charge in [0.05, 0.1) is 0 Å². The quantitative estimate of drug-likeness (QED) is 0.258. The van der Waals surface area contributed by atoms with Gasteiger partial charge in [0.15, 0.2) is 11.9 Å². The first-order valence-corrected chi connectivity index (χ1v) is 11.2. The number of unbranched alkanes of at least 4 members (excludes halogenated alkanes) is 1. The molecule has 1 aliphatic carbocycles. The average Bonchev–Trinajstić information content (AvgIpc) is 2.95. The molecule has 4 saturated heterocycles. The van der Waals surface area contributed by atoms with Crippen molar-refractivity contribution in [2.75, 3.05) is 0 Å². The van der Waals surface area contributed by atoms with Gasteiger partial charge in [0, 0.05) is 31.1 Å². The molecule has 8 atom stereocenters. The van der Waals surface area contributed by atoms with Crippen molar-refractivity contribution in [2.24, 2.45) is 23.7 Å². The predicted molar refractivity (Wildman–Crippen MR) is 103 cm³/mol. The van der Waals surface area contributed by atoms with E-state index in [1.165, 1.54) is 0 Å². The second-order valence-corrected chi connectivity index (χ2v) is 9.64. The summed E-state index contributed by atoms with van der Waals surface area (Å²) in [6.45, 7) is 6.25. The first-order valence-electron chi connectivity index (χ1n) is 11.2. The topological polar surface area (TPSA) is 115 Å². The Labute approximate surface area is 177 Å². The van der Waals surface area contributed by atoms with Crippen LogP contribution in [0, 0.1) is 23.7 Å². The van der Waals surface area contributed by atoms with Crippen molar-refractivity contribution < 1.29 is 34.0 Å². The van der Waals surface area contributed by atoms with Gasteiger partial charge >= 0.3 is 0 Å². The van der Waals surface area contributed by atoms with Gasteiger partial charge in [0.25, 0.3) is 0 Å². The molecule has 2 amide bonds. The summed E-state index contributed by atoms with van der Waals surface area (Å²) in [6, 6.07) is 0. The molecule has 4 heterocycles. The molecular weight excluding hydrogens is 392 g/mol. The Hall–Kier alpha value is -1.26. The van der Waals surface area contributed by atoms with Gasteiger partial charge < -0.3 is 14.8 Å². The number of carbonyl (C=O) groups excluding carboxylic acids is 2. The highest BCUT2D eigenvalue weighted by molar-refractivity contribution is 5.76. The van der Waals surface area contributed by atoms with Crippen LogP contribution in [0.5, 0.6) is 0 Å². The van der Waals surface area contributed by atoms with Gasteiger partial charge in [-0.3, -0.25) is 14.8 Å². The van der Waals surface area contributed by atoms with Gasteiger partial charge in [-0.25, -0.2) is 15.3 Å². The van der Waals surface area contributed by atoms with Crippen LogP contribution in [-0.2, 0) is 28.8 Å². The maximum atomic E-state index is 12.5. The van der Waals surface area contributed by atoms with E-state index in [9.17, 15) is 9.59 Å². The van der Waals surface area contributed by atoms with E-state index in [1.54, 1.807) is 5.48 Å². The molecule has 0 aromatic carbocycles. The molecule has 4 aliphatic heterocycles. The first-order chi connectivity index (χ1) is 14.3. The van der Waals surface area contributed by atoms with Crippen LogP contribution in [0.25, 0.3) is 0 Å². The maximum Gasteiger partial charge on any atom is 0.243 e. The van der Waals surface area contributed by atoms with Crippen LogP contribution in [0.2, 0.25) is 0 Å². The monoisotopic (exact) mass is 426 g/mol. The lowest BCUT2D eigenvalue weighted by molar-refractivity contribution is -0.571. The molecule has 1 spiro atoms. The van der Waals surface area contributed by atoms with Crippen LogP contribution in [0.1, 0.15) is 72.1 Å². The number of rotatable bonds is 6. The van der Waals surface area contributed by atoms with E-state index in [0.717, 1.165) is 25.7 Å². The Morgan fingerprint density at radius 2 is 1.77 bits per heavy atom. The van der Waals surface area contributed by atoms with Gasteiger partial charge in [-0.15, -0.1) is 0 Å². The summed E-state index contributed by atoms with van der Waals surface area (Å²) >= 11 is 0. The van der Waals surface area contributed by atoms with Crippen molar-refractivity contribution in [1.82, 2.24) is 10.8 Å². The van der Waals surface area contributed by atoms with Gasteiger partial charge in [0.2, 0.25) is 17.6 Å². The third kappa shape index (κ3) is 3.75. The molecule has 9 heteroatoms. The van der Waals surface area contributed by atoms with Crippen molar-refractivity contribution >= 4 is 11.8 Å². The highest BCUT2D eigenvalue weighted by Gasteiger charge is 2.69. The van der Waals surface area contributed by atoms with Crippen LogP contribution in [-0.4, -0.2) is 40.9 Å². The van der Waals surface area contributed by atoms with Gasteiger partial charge in [-0.2, -0.15) is 0 Å². The minimum Gasteiger partial charge on any atom is -0.330 e. The number of fused-ring (bicyclic) bond motifs is 2. The molecule has 1 saturated carbocycles. The van der Waals surface area contributed by atoms with E-state index in [0.29, 0.717) is 31.1 Å². The van der Waals surface area contributed by atoms with Gasteiger partial charge in [-0.1, -0.05) is 13.8 Å². The Morgan fingerprint density at radius 3 is 2.50 bits per heavy atom. The normalized spacial score (nSPS) is 44.7. The van der Waals surface area contributed by atoms with E-state index in [1.807, 2.05) is 6.92 Å². The van der Waals surface area contributed by atoms with Crippen LogP contribution in [0.15, 0.2) is 0 Å². The second-order valence-electron chi connectivity index (χ2n) is 9.64. The maximum absolute atomic E-state index is 12.5. The van der Waals surface area contributed by atoms with E-state index in [2.05, 4.69) is 19.2 Å². The second kappa shape index (κ2) is 8.35. The molecule has 0 aromatic heterocycles. The highest BCUT2D eigenvalue weighted by Crippen LogP contribution is 2.60. The molecule has 0 aromatic rings. The largest absolute Gasteiger partial charge is 0.330 e. The van der Waals surface area contributed by atoms with Crippen LogP contribution >= 0.6 is 0 Å². The number of amides is 2. The third-order valence-corrected chi connectivity index (χ3v) is 7.64. The number of hydrogen-bond acceptors (Lipinski definition) is 7. The molecule has 5 aliphatic rings. The van der Waals surface area contributed by atoms with E-state index < -0.39 is 29.8 Å². The van der Waals surface area contributed by atoms with Crippen molar-refractivity contribution in [3.05, 3.63) is 0 Å². The number of hydroxylamine groups is 1. The van der Waals surface area contributed by atoms with Crippen LogP contribution in [0.4, 0.5) is 0 Å². The lowest BCUT2D eigenvalue weighted by Gasteiger charge is -2.60. The van der Waals surface area contributed by atoms with Crippen molar-refractivity contribution in [3.63, 3.8) is 0 Å². The summed E-state index contributed by atoms with van der Waals surface area (Å²) < 4.78 is 12.6. The van der Waals surface area contributed by atoms with Gasteiger partial charge in [-0.05, 0) is 50.9 Å². The lowest BCUT2D eigenvalue weighted by Crippen LogP contribution is -2.71. The summed E-state index contributed by atoms with van der Waals surface area (Å²) in [5.74, 6) is -0.386. The number of carbonyl (C=O) groups is 2. The zero-order valence-electron chi connectivity index (χ0n) is 18.0. The zero-order valence-corrected chi connectivity index (χ0v) is 18.0. The Morgan fingerprint density at radius 1 is 1.03 bits per heavy atom. The zero-order chi connectivity index (χ0) is 21.5. The SMILES string of the molecule is C[C@H]1[C@@H](NC(=O)CCCCC(=O)NO)O[C@@H]2O[C@@]3(C)CC[C@H]4[C@H](C)CC[C@@H]1[C@@]24OO3. The van der Waals surface area contributed by atoms with E-state index >= 15 is 0 Å². The Balaban J connectivity index is 1.44. The summed E-state index contributed by atoms with van der Waals surface area (Å²) in [7, 11) is 0. The van der Waals surface area contributed by atoms with Crippen LogP contribution < -0.4 is 10.8 Å². The van der Waals surface area contributed by atoms with Crippen molar-refractivity contribution in [1.29, 1.82) is 0 Å². The third-order valence-electron chi connectivity index (χ3n) is 7.64. The van der Waals surface area contributed by atoms with E-state index in [4.69, 9.17) is 24.5 Å². The smallest absolute Gasteiger partial charge is 0.243 e. The molecule has 5 fully saturated rings. The molecule has 30 heavy (non-hydrogen) atoms. The summed E-state index contributed by atoms with van der Waals surface area (Å²) in [4.78, 5) is 35.5. The molecule has 0 unspecified atom stereocenters. The first kappa shape index (κ1) is 22.0. The summed E-state index contributed by atoms with van der Waals surface area (Å²) in [6.07, 6.45) is 4.35. The molecule has 170 valence electrons. The van der Waals surface area contributed by atoms with Crippen molar-refractivity contribution in [2.45, 2.75) is 96.0 Å². The number of hydrogen-bond donors (Lipinski definition) is 3. The fourth-order valence-electron chi connectivity index (χ4n) is 5.93. The fourth-order valence-corrected chi connectivity index (χ4v) is 5.93. The standard InChI is InChI=1S/C21H34N2O7/c1-12-8-9-15-13(2)18(22-16(24)6-4-5-7-17(25)23-26)27-19-21(15)14(12)10-11-20(3,28-19)29-30-21/h12-15,18-19,26H,4-11H2,1-3H3,(H,22,24)(H,23,25)/t12-,13-,14+,15+,18+,19-,20-,21-/m1/s1. The predicted octanol–water partition coefficient (Wildman–Crippen LogP) is 2.38. The minimum atomic E-state index is -0.833. The minimum absolute atomic E-state index is 0.0509. The average molecular weight is 427 g/mol. The van der Waals surface area contributed by atoms with Crippen LogP contribution in [0.3, 0.4) is 0 Å². The fraction of sp³-hybridized carbons (Fsp3) is 0.905. The number of nitrogens with one attached hydrogen (secondary N) is 2. The molecule has 9 nitrogen and oxygen atoms in total. The number of ether oxygens (including phenoxy) is 2. The Bertz CT molecular complexity index is 676. The molecule has 2 bridgehead atoms. The summed E-state index contributed by atoms with van der Waals surface area (Å²) in [5, 5.41) is 11.5. The molecule has 3 N–H and O–H groups in total. The highest BCUT2D eigenvalue weighted by atomic mass is 17.3. The van der Waals surface area contributed by atoms with Gasteiger partial charge in [0.1, 0.15) is 6.23 Å². The molecule has 5 rings (SSSR count). The van der Waals surface area contributed by atoms with E-state index in [-0.39, 0.29) is 24.2 Å². The Kier molecular flexibility index (Phi) is 6.11. The van der Waals surface area contributed by atoms with Crippen molar-refractivity contribution in [3.8, 4) is 0 Å². The summed E-state index contributed by atoms with van der Waals surface area (Å²) in [5.41, 5.74) is 0.967. The molecular formula is C21H34N2O7. The lowest BCUT2D eigenvalue weighted by atomic mass is 9.58.